The number of hydrogen-bond donors (Lipinski definition) is 1. The van der Waals surface area contributed by atoms with Gasteiger partial charge in [-0.1, -0.05) is 23.7 Å². The van der Waals surface area contributed by atoms with Gasteiger partial charge >= 0.3 is 0 Å². The average molecular weight is 280 g/mol. The molecule has 2 aromatic carbocycles. The van der Waals surface area contributed by atoms with Gasteiger partial charge in [0.05, 0.1) is 0 Å². The molecule has 0 saturated carbocycles. The highest BCUT2D eigenvalue weighted by molar-refractivity contribution is 6.31. The third-order valence-electron chi connectivity index (χ3n) is 2.78. The van der Waals surface area contributed by atoms with Crippen molar-refractivity contribution in [2.24, 2.45) is 5.73 Å². The third kappa shape index (κ3) is 3.25. The molecule has 2 nitrogen and oxygen atoms in total. The van der Waals surface area contributed by atoms with Crippen molar-refractivity contribution in [1.82, 2.24) is 0 Å². The van der Waals surface area contributed by atoms with Crippen LogP contribution >= 0.6 is 11.6 Å². The van der Waals surface area contributed by atoms with Crippen molar-refractivity contribution < 1.29 is 9.13 Å². The van der Waals surface area contributed by atoms with Crippen molar-refractivity contribution in [2.45, 2.75) is 19.9 Å². The summed E-state index contributed by atoms with van der Waals surface area (Å²) in [5, 5.41) is 0.514. The Morgan fingerprint density at radius 3 is 2.58 bits per heavy atom. The smallest absolute Gasteiger partial charge is 0.165 e. The predicted molar refractivity (Wildman–Crippen MR) is 75.3 cm³/mol. The van der Waals surface area contributed by atoms with Gasteiger partial charge in [0.2, 0.25) is 0 Å². The average Bonchev–Trinajstić information content (AvgIpc) is 2.33. The second kappa shape index (κ2) is 5.59. The van der Waals surface area contributed by atoms with Crippen molar-refractivity contribution in [3.8, 4) is 11.5 Å². The van der Waals surface area contributed by atoms with Gasteiger partial charge in [0, 0.05) is 11.1 Å². The van der Waals surface area contributed by atoms with E-state index in [2.05, 4.69) is 0 Å². The largest absolute Gasteiger partial charge is 0.454 e. The Morgan fingerprint density at radius 1 is 1.21 bits per heavy atom. The fraction of sp³-hybridized carbons (Fsp3) is 0.200. The van der Waals surface area contributed by atoms with Gasteiger partial charge in [-0.3, -0.25) is 0 Å². The lowest BCUT2D eigenvalue weighted by Crippen LogP contribution is -2.05. The van der Waals surface area contributed by atoms with E-state index in [0.717, 1.165) is 11.1 Å². The third-order valence-corrected chi connectivity index (χ3v) is 3.10. The Bertz CT molecular complexity index is 599. The molecule has 0 amide bonds. The molecule has 1 atom stereocenters. The van der Waals surface area contributed by atoms with Crippen molar-refractivity contribution in [2.75, 3.05) is 0 Å². The Morgan fingerprint density at radius 2 is 1.95 bits per heavy atom. The molecule has 0 aromatic heterocycles. The summed E-state index contributed by atoms with van der Waals surface area (Å²) in [6.45, 7) is 3.72. The normalized spacial score (nSPS) is 12.3. The van der Waals surface area contributed by atoms with E-state index in [1.165, 1.54) is 6.07 Å². The first kappa shape index (κ1) is 13.8. The quantitative estimate of drug-likeness (QED) is 0.891. The van der Waals surface area contributed by atoms with Crippen LogP contribution < -0.4 is 10.5 Å². The highest BCUT2D eigenvalue weighted by atomic mass is 35.5. The Balaban J connectivity index is 2.29. The van der Waals surface area contributed by atoms with Crippen LogP contribution in [0.25, 0.3) is 0 Å². The number of nitrogens with two attached hydrogens (primary N) is 1. The van der Waals surface area contributed by atoms with E-state index >= 15 is 0 Å². The molecular weight excluding hydrogens is 265 g/mol. The molecule has 2 rings (SSSR count). The number of benzene rings is 2. The van der Waals surface area contributed by atoms with E-state index in [4.69, 9.17) is 22.1 Å². The predicted octanol–water partition coefficient (Wildman–Crippen LogP) is 4.60. The lowest BCUT2D eigenvalue weighted by molar-refractivity contribution is 0.441. The summed E-state index contributed by atoms with van der Waals surface area (Å²) >= 11 is 6.11. The molecule has 0 aliphatic rings. The summed E-state index contributed by atoms with van der Waals surface area (Å²) in [6, 6.07) is 9.71. The van der Waals surface area contributed by atoms with Crippen LogP contribution in [-0.2, 0) is 0 Å². The number of hydrogen-bond acceptors (Lipinski definition) is 2. The van der Waals surface area contributed by atoms with Crippen LogP contribution in [0.1, 0.15) is 24.1 Å². The molecule has 0 spiro atoms. The zero-order valence-electron chi connectivity index (χ0n) is 10.8. The molecule has 0 aliphatic carbocycles. The molecule has 19 heavy (non-hydrogen) atoms. The Kier molecular flexibility index (Phi) is 4.08. The van der Waals surface area contributed by atoms with Crippen LogP contribution in [0.4, 0.5) is 4.39 Å². The number of aryl methyl sites for hydroxylation is 1. The summed E-state index contributed by atoms with van der Waals surface area (Å²) < 4.78 is 19.1. The van der Waals surface area contributed by atoms with Crippen LogP contribution in [0, 0.1) is 12.7 Å². The fourth-order valence-electron chi connectivity index (χ4n) is 1.76. The van der Waals surface area contributed by atoms with E-state index in [1.807, 2.05) is 13.8 Å². The van der Waals surface area contributed by atoms with Crippen LogP contribution in [0.15, 0.2) is 36.4 Å². The first-order valence-corrected chi connectivity index (χ1v) is 6.34. The summed E-state index contributed by atoms with van der Waals surface area (Å²) in [5.74, 6) is 0.265. The van der Waals surface area contributed by atoms with Gasteiger partial charge in [-0.15, -0.1) is 0 Å². The molecule has 0 saturated heterocycles. The first-order valence-electron chi connectivity index (χ1n) is 5.96. The number of rotatable bonds is 3. The van der Waals surface area contributed by atoms with Gasteiger partial charge in [0.15, 0.2) is 11.6 Å². The summed E-state index contributed by atoms with van der Waals surface area (Å²) in [4.78, 5) is 0. The summed E-state index contributed by atoms with van der Waals surface area (Å²) in [7, 11) is 0. The van der Waals surface area contributed by atoms with Gasteiger partial charge in [0.1, 0.15) is 5.75 Å². The van der Waals surface area contributed by atoms with Crippen molar-refractivity contribution >= 4 is 11.6 Å². The first-order chi connectivity index (χ1) is 8.97. The molecule has 2 N–H and O–H groups in total. The van der Waals surface area contributed by atoms with E-state index in [1.54, 1.807) is 30.3 Å². The second-order valence-corrected chi connectivity index (χ2v) is 4.92. The highest BCUT2D eigenvalue weighted by Crippen LogP contribution is 2.30. The number of halogens is 2. The summed E-state index contributed by atoms with van der Waals surface area (Å²) in [5.41, 5.74) is 7.53. The van der Waals surface area contributed by atoms with Gasteiger partial charge in [-0.05, 0) is 49.2 Å². The fourth-order valence-corrected chi connectivity index (χ4v) is 2.10. The monoisotopic (exact) mass is 279 g/mol. The zero-order valence-corrected chi connectivity index (χ0v) is 11.5. The molecule has 0 radical (unpaired) electrons. The van der Waals surface area contributed by atoms with Gasteiger partial charge in [-0.2, -0.15) is 0 Å². The van der Waals surface area contributed by atoms with Crippen LogP contribution in [-0.4, -0.2) is 0 Å². The molecule has 0 aliphatic heterocycles. The molecule has 4 heteroatoms. The molecule has 0 bridgehead atoms. The van der Waals surface area contributed by atoms with Gasteiger partial charge in [0.25, 0.3) is 0 Å². The van der Waals surface area contributed by atoms with E-state index in [9.17, 15) is 4.39 Å². The molecule has 100 valence electrons. The Labute approximate surface area is 117 Å². The molecule has 2 aromatic rings. The van der Waals surface area contributed by atoms with E-state index in [-0.39, 0.29) is 11.8 Å². The van der Waals surface area contributed by atoms with Crippen molar-refractivity contribution in [3.05, 3.63) is 58.4 Å². The molecule has 0 fully saturated rings. The maximum absolute atomic E-state index is 13.6. The Hall–Kier alpha value is -1.58. The lowest BCUT2D eigenvalue weighted by Gasteiger charge is -2.11. The minimum atomic E-state index is -0.405. The molecule has 1 unspecified atom stereocenters. The summed E-state index contributed by atoms with van der Waals surface area (Å²) in [6.07, 6.45) is 0. The maximum atomic E-state index is 13.6. The standard InChI is InChI=1S/C15H15ClFNO/c1-9-3-6-14(17)15(7-9)19-11-4-5-12(10(2)18)13(16)8-11/h3-8,10H,18H2,1-2H3. The van der Waals surface area contributed by atoms with Crippen LogP contribution in [0.3, 0.4) is 0 Å². The van der Waals surface area contributed by atoms with Crippen LogP contribution in [0.5, 0.6) is 11.5 Å². The number of ether oxygens (including phenoxy) is 1. The van der Waals surface area contributed by atoms with E-state index < -0.39 is 5.82 Å². The molecule has 0 heterocycles. The zero-order chi connectivity index (χ0) is 14.0. The second-order valence-electron chi connectivity index (χ2n) is 4.51. The molecular formula is C15H15ClFNO. The van der Waals surface area contributed by atoms with Crippen molar-refractivity contribution in [3.63, 3.8) is 0 Å². The minimum Gasteiger partial charge on any atom is -0.454 e. The topological polar surface area (TPSA) is 35.2 Å². The maximum Gasteiger partial charge on any atom is 0.165 e. The lowest BCUT2D eigenvalue weighted by atomic mass is 10.1. The SMILES string of the molecule is Cc1ccc(F)c(Oc2ccc(C(C)N)c(Cl)c2)c1. The van der Waals surface area contributed by atoms with Gasteiger partial charge < -0.3 is 10.5 Å². The minimum absolute atomic E-state index is 0.155. The van der Waals surface area contributed by atoms with Crippen LogP contribution in [0.2, 0.25) is 5.02 Å². The van der Waals surface area contributed by atoms with Crippen molar-refractivity contribution in [1.29, 1.82) is 0 Å². The van der Waals surface area contributed by atoms with E-state index in [0.29, 0.717) is 10.8 Å². The highest BCUT2D eigenvalue weighted by Gasteiger charge is 2.09. The van der Waals surface area contributed by atoms with Gasteiger partial charge in [-0.25, -0.2) is 4.39 Å².